The van der Waals surface area contributed by atoms with E-state index in [0.29, 0.717) is 27.7 Å². The first kappa shape index (κ1) is 19.2. The third-order valence-corrected chi connectivity index (χ3v) is 4.62. The molecular weight excluding hydrogens is 400 g/mol. The van der Waals surface area contributed by atoms with Gasteiger partial charge in [0.1, 0.15) is 11.6 Å². The summed E-state index contributed by atoms with van der Waals surface area (Å²) in [5.74, 6) is -0.992. The molecule has 2 heterocycles. The molecule has 148 valence electrons. The lowest BCUT2D eigenvalue weighted by Gasteiger charge is -2.14. The molecule has 0 aliphatic heterocycles. The van der Waals surface area contributed by atoms with Crippen LogP contribution in [0.1, 0.15) is 17.5 Å². The van der Waals surface area contributed by atoms with Crippen molar-refractivity contribution in [3.63, 3.8) is 0 Å². The van der Waals surface area contributed by atoms with Crippen molar-refractivity contribution in [2.24, 2.45) is 0 Å². The second kappa shape index (κ2) is 7.73. The molecule has 2 N–H and O–H groups in total. The maximum atomic E-state index is 13.4. The number of aliphatic hydroxyl groups excluding tert-OH is 1. The number of aliphatic hydroxyl groups is 1. The fourth-order valence-electron chi connectivity index (χ4n) is 2.98. The van der Waals surface area contributed by atoms with E-state index in [-0.39, 0.29) is 12.1 Å². The summed E-state index contributed by atoms with van der Waals surface area (Å²) >= 11 is 6.07. The van der Waals surface area contributed by atoms with E-state index in [1.165, 1.54) is 6.07 Å². The number of rotatable bonds is 5. The molecule has 9 heteroatoms. The zero-order chi connectivity index (χ0) is 20.5. The van der Waals surface area contributed by atoms with Crippen molar-refractivity contribution < 1.29 is 13.9 Å². The number of fused-ring (bicyclic) bond motifs is 1. The quantitative estimate of drug-likeness (QED) is 0.511. The molecule has 6 nitrogen and oxygen atoms in total. The molecule has 0 aliphatic rings. The van der Waals surface area contributed by atoms with E-state index in [1.54, 1.807) is 29.9 Å². The first-order valence-electron chi connectivity index (χ1n) is 8.77. The minimum absolute atomic E-state index is 0.0406. The van der Waals surface area contributed by atoms with Crippen LogP contribution in [0.4, 0.5) is 14.6 Å². The van der Waals surface area contributed by atoms with Crippen molar-refractivity contribution in [3.05, 3.63) is 76.7 Å². The Morgan fingerprint density at radius 1 is 1.14 bits per heavy atom. The number of hydrogen-bond donors (Lipinski definition) is 2. The van der Waals surface area contributed by atoms with Gasteiger partial charge >= 0.3 is 0 Å². The van der Waals surface area contributed by atoms with E-state index in [2.05, 4.69) is 20.4 Å². The number of nitrogens with one attached hydrogen (secondary N) is 1. The van der Waals surface area contributed by atoms with Gasteiger partial charge in [-0.2, -0.15) is 5.10 Å². The standard InChI is InChI=1S/C20H16ClF2N5O/c1-11-26-19(24-10-18(29)12-5-6-16(22)17(23)7-12)15-9-25-28(20(15)27-11)14-4-2-3-13(21)8-14/h2-9,18,29H,10H2,1H3,(H,24,26,27). The molecule has 2 aromatic heterocycles. The molecule has 0 saturated carbocycles. The van der Waals surface area contributed by atoms with Crippen molar-refractivity contribution in [3.8, 4) is 5.69 Å². The van der Waals surface area contributed by atoms with Gasteiger partial charge in [0, 0.05) is 11.6 Å². The molecule has 0 amide bonds. The highest BCUT2D eigenvalue weighted by molar-refractivity contribution is 6.30. The molecule has 0 aliphatic carbocycles. The van der Waals surface area contributed by atoms with E-state index >= 15 is 0 Å². The van der Waals surface area contributed by atoms with E-state index < -0.39 is 17.7 Å². The highest BCUT2D eigenvalue weighted by Gasteiger charge is 2.15. The Balaban J connectivity index is 1.63. The van der Waals surface area contributed by atoms with Gasteiger partial charge in [-0.1, -0.05) is 23.7 Å². The zero-order valence-electron chi connectivity index (χ0n) is 15.3. The van der Waals surface area contributed by atoms with Gasteiger partial charge in [-0.25, -0.2) is 23.4 Å². The normalized spacial score (nSPS) is 12.3. The average molecular weight is 416 g/mol. The lowest BCUT2D eigenvalue weighted by molar-refractivity contribution is 0.191. The topological polar surface area (TPSA) is 75.9 Å². The second-order valence-corrected chi connectivity index (χ2v) is 6.90. The summed E-state index contributed by atoms with van der Waals surface area (Å²) in [5.41, 5.74) is 1.58. The van der Waals surface area contributed by atoms with Gasteiger partial charge in [0.05, 0.1) is 23.4 Å². The molecule has 4 rings (SSSR count). The Labute approximate surface area is 169 Å². The minimum Gasteiger partial charge on any atom is -0.387 e. The lowest BCUT2D eigenvalue weighted by atomic mass is 10.1. The Morgan fingerprint density at radius 3 is 2.72 bits per heavy atom. The van der Waals surface area contributed by atoms with E-state index in [1.807, 2.05) is 12.1 Å². The van der Waals surface area contributed by atoms with Gasteiger partial charge in [0.2, 0.25) is 0 Å². The highest BCUT2D eigenvalue weighted by atomic mass is 35.5. The smallest absolute Gasteiger partial charge is 0.168 e. The molecular formula is C20H16ClF2N5O. The largest absolute Gasteiger partial charge is 0.387 e. The maximum Gasteiger partial charge on any atom is 0.168 e. The minimum atomic E-state index is -1.06. The van der Waals surface area contributed by atoms with Crippen LogP contribution in [0.15, 0.2) is 48.7 Å². The van der Waals surface area contributed by atoms with Crippen LogP contribution in [0, 0.1) is 18.6 Å². The third kappa shape index (κ3) is 3.90. The molecule has 0 bridgehead atoms. The van der Waals surface area contributed by atoms with E-state index in [0.717, 1.165) is 17.8 Å². The summed E-state index contributed by atoms with van der Waals surface area (Å²) in [6.45, 7) is 1.78. The van der Waals surface area contributed by atoms with Crippen LogP contribution in [0.25, 0.3) is 16.7 Å². The van der Waals surface area contributed by atoms with Gasteiger partial charge in [0.15, 0.2) is 17.3 Å². The maximum absolute atomic E-state index is 13.4. The summed E-state index contributed by atoms with van der Waals surface area (Å²) in [7, 11) is 0. The third-order valence-electron chi connectivity index (χ3n) is 4.38. The molecule has 0 radical (unpaired) electrons. The summed E-state index contributed by atoms with van der Waals surface area (Å²) < 4.78 is 28.1. The van der Waals surface area contributed by atoms with Crippen LogP contribution < -0.4 is 5.32 Å². The predicted octanol–water partition coefficient (Wildman–Crippen LogP) is 4.20. The fraction of sp³-hybridized carbons (Fsp3) is 0.150. The predicted molar refractivity (Wildman–Crippen MR) is 106 cm³/mol. The number of benzene rings is 2. The van der Waals surface area contributed by atoms with Crippen molar-refractivity contribution in [2.45, 2.75) is 13.0 Å². The Morgan fingerprint density at radius 2 is 1.97 bits per heavy atom. The Kier molecular flexibility index (Phi) is 5.12. The monoisotopic (exact) mass is 415 g/mol. The molecule has 1 atom stereocenters. The van der Waals surface area contributed by atoms with Crippen molar-refractivity contribution >= 4 is 28.5 Å². The highest BCUT2D eigenvalue weighted by Crippen LogP contribution is 2.25. The Bertz CT molecular complexity index is 1200. The summed E-state index contributed by atoms with van der Waals surface area (Å²) in [6, 6.07) is 10.5. The number of halogens is 3. The summed E-state index contributed by atoms with van der Waals surface area (Å²) in [6.07, 6.45) is 0.556. The van der Waals surface area contributed by atoms with Crippen LogP contribution in [0.3, 0.4) is 0 Å². The number of anilines is 1. The van der Waals surface area contributed by atoms with Gasteiger partial charge in [0.25, 0.3) is 0 Å². The Hall–Kier alpha value is -3.10. The van der Waals surface area contributed by atoms with E-state index in [4.69, 9.17) is 11.6 Å². The van der Waals surface area contributed by atoms with Crippen LogP contribution >= 0.6 is 11.6 Å². The summed E-state index contributed by atoms with van der Waals surface area (Å²) in [5, 5.41) is 19.0. The SMILES string of the molecule is Cc1nc(NCC(O)c2ccc(F)c(F)c2)c2cnn(-c3cccc(Cl)c3)c2n1. The van der Waals surface area contributed by atoms with Gasteiger partial charge in [-0.3, -0.25) is 0 Å². The zero-order valence-corrected chi connectivity index (χ0v) is 16.0. The van der Waals surface area contributed by atoms with Crippen LogP contribution in [-0.2, 0) is 0 Å². The molecule has 0 saturated heterocycles. The number of nitrogens with zero attached hydrogens (tertiary/aromatic N) is 4. The van der Waals surface area contributed by atoms with Gasteiger partial charge in [-0.05, 0) is 42.8 Å². The molecule has 1 unspecified atom stereocenters. The first-order chi connectivity index (χ1) is 13.9. The number of aryl methyl sites for hydroxylation is 1. The number of aromatic nitrogens is 4. The molecule has 29 heavy (non-hydrogen) atoms. The van der Waals surface area contributed by atoms with E-state index in [9.17, 15) is 13.9 Å². The number of hydrogen-bond acceptors (Lipinski definition) is 5. The van der Waals surface area contributed by atoms with Gasteiger partial charge < -0.3 is 10.4 Å². The van der Waals surface area contributed by atoms with Crippen LogP contribution in [0.2, 0.25) is 5.02 Å². The van der Waals surface area contributed by atoms with Crippen molar-refractivity contribution in [2.75, 3.05) is 11.9 Å². The van der Waals surface area contributed by atoms with Crippen LogP contribution in [-0.4, -0.2) is 31.4 Å². The molecule has 0 spiro atoms. The average Bonchev–Trinajstić information content (AvgIpc) is 3.11. The first-order valence-corrected chi connectivity index (χ1v) is 9.15. The van der Waals surface area contributed by atoms with Crippen molar-refractivity contribution in [1.29, 1.82) is 0 Å². The lowest BCUT2D eigenvalue weighted by Crippen LogP contribution is -2.14. The summed E-state index contributed by atoms with van der Waals surface area (Å²) in [4.78, 5) is 8.84. The van der Waals surface area contributed by atoms with Gasteiger partial charge in [-0.15, -0.1) is 0 Å². The second-order valence-electron chi connectivity index (χ2n) is 6.46. The van der Waals surface area contributed by atoms with Crippen LogP contribution in [0.5, 0.6) is 0 Å². The molecule has 2 aromatic carbocycles. The molecule has 4 aromatic rings. The van der Waals surface area contributed by atoms with Crippen molar-refractivity contribution in [1.82, 2.24) is 19.7 Å². The molecule has 0 fully saturated rings. The fourth-order valence-corrected chi connectivity index (χ4v) is 3.16.